The van der Waals surface area contributed by atoms with Gasteiger partial charge in [0.1, 0.15) is 5.70 Å². The molecule has 5 nitrogen and oxygen atoms in total. The van der Waals surface area contributed by atoms with Crippen molar-refractivity contribution in [2.24, 2.45) is 10.7 Å². The Hall–Kier alpha value is -4.30. The predicted molar refractivity (Wildman–Crippen MR) is 139 cm³/mol. The number of nitrogens with two attached hydrogens (primary N) is 1. The van der Waals surface area contributed by atoms with Crippen LogP contribution in [0.15, 0.2) is 114 Å². The van der Waals surface area contributed by atoms with Crippen molar-refractivity contribution in [3.8, 4) is 5.69 Å². The second-order valence-electron chi connectivity index (χ2n) is 8.07. The van der Waals surface area contributed by atoms with E-state index in [0.29, 0.717) is 17.7 Å². The topological polar surface area (TPSA) is 72.4 Å². The van der Waals surface area contributed by atoms with E-state index in [1.54, 1.807) is 24.3 Å². The fourth-order valence-electron chi connectivity index (χ4n) is 3.49. The summed E-state index contributed by atoms with van der Waals surface area (Å²) >= 11 is 6.14. The van der Waals surface area contributed by atoms with Crippen molar-refractivity contribution >= 4 is 28.9 Å². The number of aromatic nitrogens is 1. The number of hydrogen-bond donors (Lipinski definition) is 2. The third-order valence-electron chi connectivity index (χ3n) is 5.42. The molecule has 1 heterocycles. The van der Waals surface area contributed by atoms with Gasteiger partial charge in [0, 0.05) is 35.8 Å². The third-order valence-corrected chi connectivity index (χ3v) is 5.74. The Labute approximate surface area is 216 Å². The molecule has 0 saturated carbocycles. The summed E-state index contributed by atoms with van der Waals surface area (Å²) in [5.41, 5.74) is 6.75. The van der Waals surface area contributed by atoms with Crippen LogP contribution in [0.4, 0.5) is 18.9 Å². The first-order valence-electron chi connectivity index (χ1n) is 11.2. The summed E-state index contributed by atoms with van der Waals surface area (Å²) in [6.45, 7) is 0.305. The lowest BCUT2D eigenvalue weighted by Gasteiger charge is -2.10. The molecule has 0 unspecified atom stereocenters. The Balaban J connectivity index is 1.53. The van der Waals surface area contributed by atoms with Gasteiger partial charge in [-0.05, 0) is 60.2 Å². The number of nitrogens with one attached hydrogen (secondary N) is 1. The molecule has 1 amide bonds. The lowest BCUT2D eigenvalue weighted by atomic mass is 10.1. The minimum atomic E-state index is -4.72. The number of carbonyl (C=O) groups excluding carboxylic acids is 1. The van der Waals surface area contributed by atoms with Crippen molar-refractivity contribution in [3.05, 3.63) is 131 Å². The standard InChI is InChI=1S/C28H22ClF3N4O/c29-23-8-1-2-9-24(23)35-25(17-26(33)28(30,31)32)20-10-12-21(13-11-20)27(37)34-18-19-6-5-7-22(16-19)36-14-3-4-15-36/h1-17H,18,33H2,(H,34,37)/b26-17-,35-25?. The van der Waals surface area contributed by atoms with Crippen LogP contribution >= 0.6 is 11.6 Å². The number of allylic oxidation sites excluding steroid dienone is 2. The molecule has 0 radical (unpaired) electrons. The molecular weight excluding hydrogens is 501 g/mol. The molecule has 0 aliphatic carbocycles. The number of benzene rings is 3. The van der Waals surface area contributed by atoms with E-state index in [1.807, 2.05) is 53.4 Å². The molecule has 9 heteroatoms. The molecule has 3 N–H and O–H groups in total. The summed E-state index contributed by atoms with van der Waals surface area (Å²) in [6, 6.07) is 24.2. The molecule has 37 heavy (non-hydrogen) atoms. The fraction of sp³-hybridized carbons (Fsp3) is 0.0714. The van der Waals surface area contributed by atoms with Crippen LogP contribution in [0.1, 0.15) is 21.5 Å². The zero-order valence-electron chi connectivity index (χ0n) is 19.4. The summed E-state index contributed by atoms with van der Waals surface area (Å²) in [5.74, 6) is -0.326. The lowest BCUT2D eigenvalue weighted by molar-refractivity contribution is -0.0925. The van der Waals surface area contributed by atoms with E-state index in [1.165, 1.54) is 24.3 Å². The Morgan fingerprint density at radius 1 is 0.946 bits per heavy atom. The van der Waals surface area contributed by atoms with Crippen molar-refractivity contribution < 1.29 is 18.0 Å². The second-order valence-corrected chi connectivity index (χ2v) is 8.47. The van der Waals surface area contributed by atoms with Gasteiger partial charge >= 0.3 is 6.18 Å². The fourth-order valence-corrected chi connectivity index (χ4v) is 3.67. The quantitative estimate of drug-likeness (QED) is 0.269. The number of para-hydroxylation sites is 1. The normalized spacial score (nSPS) is 12.4. The van der Waals surface area contributed by atoms with Gasteiger partial charge < -0.3 is 15.6 Å². The van der Waals surface area contributed by atoms with Crippen LogP contribution in [0.5, 0.6) is 0 Å². The third kappa shape index (κ3) is 6.68. The van der Waals surface area contributed by atoms with Crippen LogP contribution in [0, 0.1) is 0 Å². The first-order valence-corrected chi connectivity index (χ1v) is 11.6. The van der Waals surface area contributed by atoms with Gasteiger partial charge in [-0.2, -0.15) is 13.2 Å². The van der Waals surface area contributed by atoms with Gasteiger partial charge in [-0.3, -0.25) is 4.79 Å². The summed E-state index contributed by atoms with van der Waals surface area (Å²) in [6.07, 6.45) is -0.115. The Kier molecular flexibility index (Phi) is 7.79. The Morgan fingerprint density at radius 3 is 2.30 bits per heavy atom. The van der Waals surface area contributed by atoms with Crippen LogP contribution in [0.2, 0.25) is 5.02 Å². The first kappa shape index (κ1) is 25.8. The van der Waals surface area contributed by atoms with E-state index in [4.69, 9.17) is 17.3 Å². The van der Waals surface area contributed by atoms with Gasteiger partial charge in [0.05, 0.1) is 16.4 Å². The zero-order valence-corrected chi connectivity index (χ0v) is 20.2. The van der Waals surface area contributed by atoms with Gasteiger partial charge in [-0.15, -0.1) is 0 Å². The monoisotopic (exact) mass is 522 g/mol. The summed E-state index contributed by atoms with van der Waals surface area (Å²) in [7, 11) is 0. The maximum absolute atomic E-state index is 13.1. The van der Waals surface area contributed by atoms with Crippen LogP contribution in [-0.4, -0.2) is 22.4 Å². The predicted octanol–water partition coefficient (Wildman–Crippen LogP) is 6.59. The van der Waals surface area contributed by atoms with Crippen molar-refractivity contribution in [2.75, 3.05) is 0 Å². The zero-order chi connectivity index (χ0) is 26.4. The van der Waals surface area contributed by atoms with E-state index >= 15 is 0 Å². The minimum Gasteiger partial charge on any atom is -0.395 e. The molecule has 1 aromatic heterocycles. The Bertz CT molecular complexity index is 1440. The number of amides is 1. The number of nitrogens with zero attached hydrogens (tertiary/aromatic N) is 2. The van der Waals surface area contributed by atoms with Crippen molar-refractivity contribution in [2.45, 2.75) is 12.7 Å². The smallest absolute Gasteiger partial charge is 0.395 e. The molecule has 188 valence electrons. The largest absolute Gasteiger partial charge is 0.430 e. The second kappa shape index (κ2) is 11.2. The number of halogens is 4. The van der Waals surface area contributed by atoms with E-state index < -0.39 is 11.9 Å². The number of rotatable bonds is 7. The molecular formula is C28H22ClF3N4O. The maximum Gasteiger partial charge on any atom is 0.430 e. The molecule has 0 atom stereocenters. The van der Waals surface area contributed by atoms with Gasteiger partial charge in [-0.25, -0.2) is 4.99 Å². The molecule has 0 bridgehead atoms. The highest BCUT2D eigenvalue weighted by molar-refractivity contribution is 6.33. The average Bonchev–Trinajstić information content (AvgIpc) is 3.43. The molecule has 0 saturated heterocycles. The average molecular weight is 523 g/mol. The molecule has 0 aliphatic rings. The van der Waals surface area contributed by atoms with E-state index in [0.717, 1.165) is 17.3 Å². The Morgan fingerprint density at radius 2 is 1.62 bits per heavy atom. The summed E-state index contributed by atoms with van der Waals surface area (Å²) < 4.78 is 41.3. The minimum absolute atomic E-state index is 0.0447. The van der Waals surface area contributed by atoms with E-state index in [9.17, 15) is 18.0 Å². The highest BCUT2D eigenvalue weighted by Crippen LogP contribution is 2.27. The van der Waals surface area contributed by atoms with E-state index in [-0.39, 0.29) is 22.3 Å². The molecule has 0 spiro atoms. The molecule has 0 fully saturated rings. The van der Waals surface area contributed by atoms with Gasteiger partial charge in [0.25, 0.3) is 5.91 Å². The molecule has 4 aromatic rings. The molecule has 4 rings (SSSR count). The SMILES string of the molecule is N/C(=C\C(=Nc1ccccc1Cl)c1ccc(C(=O)NCc2cccc(-n3cccc3)c2)cc1)C(F)(F)F. The molecule has 0 aliphatic heterocycles. The number of aliphatic imine (C=N–C) groups is 1. The highest BCUT2D eigenvalue weighted by atomic mass is 35.5. The van der Waals surface area contributed by atoms with Gasteiger partial charge in [-0.1, -0.05) is 48.0 Å². The highest BCUT2D eigenvalue weighted by Gasteiger charge is 2.31. The van der Waals surface area contributed by atoms with Crippen LogP contribution in [0.25, 0.3) is 5.69 Å². The van der Waals surface area contributed by atoms with Crippen molar-refractivity contribution in [1.29, 1.82) is 0 Å². The van der Waals surface area contributed by atoms with Crippen molar-refractivity contribution in [1.82, 2.24) is 9.88 Å². The molecule has 3 aromatic carbocycles. The van der Waals surface area contributed by atoms with Crippen LogP contribution in [0.3, 0.4) is 0 Å². The lowest BCUT2D eigenvalue weighted by Crippen LogP contribution is -2.23. The van der Waals surface area contributed by atoms with E-state index in [2.05, 4.69) is 10.3 Å². The first-order chi connectivity index (χ1) is 17.7. The maximum atomic E-state index is 13.1. The number of hydrogen-bond acceptors (Lipinski definition) is 3. The summed E-state index contributed by atoms with van der Waals surface area (Å²) in [4.78, 5) is 17.0. The van der Waals surface area contributed by atoms with Gasteiger partial charge in [0.2, 0.25) is 0 Å². The van der Waals surface area contributed by atoms with Gasteiger partial charge in [0.15, 0.2) is 0 Å². The summed E-state index contributed by atoms with van der Waals surface area (Å²) in [5, 5.41) is 3.13. The van der Waals surface area contributed by atoms with Crippen molar-refractivity contribution in [3.63, 3.8) is 0 Å². The number of carbonyl (C=O) groups is 1. The number of alkyl halides is 3. The van der Waals surface area contributed by atoms with Crippen LogP contribution < -0.4 is 11.1 Å². The van der Waals surface area contributed by atoms with Crippen LogP contribution in [-0.2, 0) is 6.54 Å².